The molecule has 2 fully saturated rings. The van der Waals surface area contributed by atoms with Gasteiger partial charge in [-0.3, -0.25) is 4.90 Å². The molecule has 2 saturated heterocycles. The lowest BCUT2D eigenvalue weighted by Gasteiger charge is -2.37. The molecule has 3 heterocycles. The zero-order valence-electron chi connectivity index (χ0n) is 23.8. The third-order valence-corrected chi connectivity index (χ3v) is 9.53. The zero-order valence-corrected chi connectivity index (χ0v) is 24.6. The van der Waals surface area contributed by atoms with Crippen LogP contribution in [0.1, 0.15) is 29.2 Å². The number of pyridine rings is 1. The van der Waals surface area contributed by atoms with E-state index in [2.05, 4.69) is 74.3 Å². The number of nitrogens with zero attached hydrogens (tertiary/aromatic N) is 6. The highest BCUT2D eigenvalue weighted by Gasteiger charge is 2.30. The van der Waals surface area contributed by atoms with Crippen molar-refractivity contribution < 1.29 is 4.55 Å². The normalized spacial score (nSPS) is 17.5. The summed E-state index contributed by atoms with van der Waals surface area (Å²) >= 11 is -1.21. The van der Waals surface area contributed by atoms with Gasteiger partial charge < -0.3 is 19.7 Å². The molecule has 0 saturated carbocycles. The second kappa shape index (κ2) is 12.9. The Hall–Kier alpha value is -3.29. The van der Waals surface area contributed by atoms with Gasteiger partial charge in [0.1, 0.15) is 6.07 Å². The minimum atomic E-state index is -1.21. The third-order valence-electron chi connectivity index (χ3n) is 7.88. The highest BCUT2D eigenvalue weighted by molar-refractivity contribution is 7.89. The Morgan fingerprint density at radius 1 is 0.925 bits per heavy atom. The van der Waals surface area contributed by atoms with Crippen molar-refractivity contribution in [1.82, 2.24) is 14.2 Å². The molecular formula is C31H39N7OS. The van der Waals surface area contributed by atoms with Crippen LogP contribution in [0.2, 0.25) is 0 Å². The molecule has 9 heteroatoms. The number of anilines is 3. The molecule has 5 rings (SSSR count). The van der Waals surface area contributed by atoms with Crippen LogP contribution in [-0.4, -0.2) is 77.6 Å². The summed E-state index contributed by atoms with van der Waals surface area (Å²) in [4.78, 5) is 12.6. The van der Waals surface area contributed by atoms with E-state index in [0.717, 1.165) is 98.7 Å². The molecule has 1 atom stereocenters. The van der Waals surface area contributed by atoms with Gasteiger partial charge >= 0.3 is 0 Å². The van der Waals surface area contributed by atoms with E-state index in [0.29, 0.717) is 0 Å². The maximum absolute atomic E-state index is 13.8. The minimum absolute atomic E-state index is 0.726. The van der Waals surface area contributed by atoms with Gasteiger partial charge in [0, 0.05) is 70.2 Å². The van der Waals surface area contributed by atoms with Crippen LogP contribution in [0.3, 0.4) is 0 Å². The lowest BCUT2D eigenvalue weighted by atomic mass is 10.0. The van der Waals surface area contributed by atoms with Crippen molar-refractivity contribution in [1.29, 1.82) is 5.26 Å². The number of aryl methyl sites for hydroxylation is 2. The Morgan fingerprint density at radius 2 is 1.65 bits per heavy atom. The van der Waals surface area contributed by atoms with Crippen molar-refractivity contribution >= 4 is 28.6 Å². The van der Waals surface area contributed by atoms with Crippen LogP contribution in [0.15, 0.2) is 59.6 Å². The molecule has 1 N–H and O–H groups in total. The molecule has 0 radical (unpaired) electrons. The van der Waals surface area contributed by atoms with Crippen LogP contribution >= 0.6 is 0 Å². The fourth-order valence-corrected chi connectivity index (χ4v) is 7.00. The molecule has 2 aliphatic rings. The van der Waals surface area contributed by atoms with E-state index >= 15 is 0 Å². The number of hydrogen-bond donors (Lipinski definition) is 1. The first-order valence-electron chi connectivity index (χ1n) is 14.2. The molecule has 0 aliphatic carbocycles. The monoisotopic (exact) mass is 557 g/mol. The first-order chi connectivity index (χ1) is 19.5. The summed E-state index contributed by atoms with van der Waals surface area (Å²) < 4.78 is 15.9. The van der Waals surface area contributed by atoms with Crippen molar-refractivity contribution in [3.05, 3.63) is 77.0 Å². The topological polar surface area (TPSA) is 84.7 Å². The molecule has 3 aromatic rings. The molecule has 8 nitrogen and oxygen atoms in total. The summed E-state index contributed by atoms with van der Waals surface area (Å²) in [5.74, 6) is 0.972. The molecule has 2 aromatic carbocycles. The van der Waals surface area contributed by atoms with E-state index in [1.54, 1.807) is 0 Å². The smallest absolute Gasteiger partial charge is 0.177 e. The maximum Gasteiger partial charge on any atom is 0.177 e. The van der Waals surface area contributed by atoms with Gasteiger partial charge in [0.15, 0.2) is 10.7 Å². The number of benzene rings is 2. The van der Waals surface area contributed by atoms with Crippen LogP contribution < -0.4 is 15.1 Å². The van der Waals surface area contributed by atoms with E-state index in [-0.39, 0.29) is 0 Å². The first-order valence-corrected chi connectivity index (χ1v) is 15.3. The predicted molar refractivity (Wildman–Crippen MR) is 163 cm³/mol. The number of nitrogens with one attached hydrogen (secondary N) is 1. The number of piperazine rings is 2. The van der Waals surface area contributed by atoms with Gasteiger partial charge in [-0.15, -0.1) is 4.31 Å². The predicted octanol–water partition coefficient (Wildman–Crippen LogP) is 4.17. The van der Waals surface area contributed by atoms with E-state index in [1.165, 1.54) is 11.1 Å². The minimum Gasteiger partial charge on any atom is -0.593 e. The number of hydrogen-bond acceptors (Lipinski definition) is 8. The number of aromatic nitrogens is 1. The molecular weight excluding hydrogens is 518 g/mol. The summed E-state index contributed by atoms with van der Waals surface area (Å²) in [5, 5.41) is 12.9. The van der Waals surface area contributed by atoms with Gasteiger partial charge in [-0.05, 0) is 56.2 Å². The summed E-state index contributed by atoms with van der Waals surface area (Å²) in [6, 6.07) is 18.6. The molecule has 210 valence electrons. The second-order valence-corrected chi connectivity index (χ2v) is 12.0. The molecule has 1 aromatic heterocycles. The average Bonchev–Trinajstić information content (AvgIpc) is 2.99. The van der Waals surface area contributed by atoms with E-state index in [1.807, 2.05) is 36.5 Å². The van der Waals surface area contributed by atoms with Crippen LogP contribution in [0, 0.1) is 25.2 Å². The maximum atomic E-state index is 13.8. The van der Waals surface area contributed by atoms with E-state index in [4.69, 9.17) is 0 Å². The molecule has 1 unspecified atom stereocenters. The lowest BCUT2D eigenvalue weighted by molar-refractivity contribution is 0.249. The van der Waals surface area contributed by atoms with E-state index < -0.39 is 11.4 Å². The fourth-order valence-electron chi connectivity index (χ4n) is 5.65. The second-order valence-electron chi connectivity index (χ2n) is 10.5. The van der Waals surface area contributed by atoms with Gasteiger partial charge in [-0.1, -0.05) is 18.2 Å². The van der Waals surface area contributed by atoms with Crippen molar-refractivity contribution in [2.75, 3.05) is 74.0 Å². The number of rotatable bonds is 8. The molecule has 40 heavy (non-hydrogen) atoms. The Morgan fingerprint density at radius 3 is 2.38 bits per heavy atom. The average molecular weight is 558 g/mol. The number of para-hydroxylation sites is 1. The van der Waals surface area contributed by atoms with Crippen LogP contribution in [-0.2, 0) is 17.9 Å². The Labute approximate surface area is 241 Å². The first kappa shape index (κ1) is 28.2. The fraction of sp³-hybridized carbons (Fsp3) is 0.419. The summed E-state index contributed by atoms with van der Waals surface area (Å²) in [6.45, 7) is 14.7. The van der Waals surface area contributed by atoms with Gasteiger partial charge in [-0.25, -0.2) is 4.98 Å². The summed E-state index contributed by atoms with van der Waals surface area (Å²) in [5.41, 5.74) is 6.37. The largest absolute Gasteiger partial charge is 0.593 e. The van der Waals surface area contributed by atoms with Gasteiger partial charge in [0.05, 0.1) is 41.4 Å². The highest BCUT2D eigenvalue weighted by atomic mass is 32.2. The summed E-state index contributed by atoms with van der Waals surface area (Å²) in [7, 11) is 0. The van der Waals surface area contributed by atoms with Crippen LogP contribution in [0.4, 0.5) is 17.2 Å². The summed E-state index contributed by atoms with van der Waals surface area (Å²) in [6.07, 6.45) is 1.84. The Bertz CT molecular complexity index is 1340. The molecule has 0 amide bonds. The van der Waals surface area contributed by atoms with E-state index in [9.17, 15) is 9.81 Å². The SMILES string of the molecule is CCNc1cccnc1N1CCN([S+]([O-])c2cc(CN3CCN(c4ccccc4C#N)CC3)c(C)cc2C)CC1. The van der Waals surface area contributed by atoms with Gasteiger partial charge in [0.2, 0.25) is 0 Å². The Kier molecular flexibility index (Phi) is 9.12. The molecule has 2 aliphatic heterocycles. The van der Waals surface area contributed by atoms with Gasteiger partial charge in [-0.2, -0.15) is 5.26 Å². The van der Waals surface area contributed by atoms with Crippen molar-refractivity contribution in [2.45, 2.75) is 32.2 Å². The van der Waals surface area contributed by atoms with Crippen molar-refractivity contribution in [2.24, 2.45) is 0 Å². The Balaban J connectivity index is 1.22. The van der Waals surface area contributed by atoms with Crippen LogP contribution in [0.5, 0.6) is 0 Å². The van der Waals surface area contributed by atoms with Gasteiger partial charge in [0.25, 0.3) is 0 Å². The molecule has 0 bridgehead atoms. The zero-order chi connectivity index (χ0) is 28.1. The standard InChI is InChI=1S/C31H39N7OS/c1-4-33-28-9-7-11-34-31(28)37-16-18-38(19-17-37)40(39)30-21-27(24(2)20-25(30)3)23-35-12-14-36(15-13-35)29-10-6-5-8-26(29)22-32/h5-11,20-21,33H,4,12-19,23H2,1-3H3. The highest BCUT2D eigenvalue weighted by Crippen LogP contribution is 2.29. The van der Waals surface area contributed by atoms with Crippen molar-refractivity contribution in [3.8, 4) is 6.07 Å². The third kappa shape index (κ3) is 6.21. The van der Waals surface area contributed by atoms with Crippen LogP contribution in [0.25, 0.3) is 0 Å². The quantitative estimate of drug-likeness (QED) is 0.413. The van der Waals surface area contributed by atoms with Crippen molar-refractivity contribution in [3.63, 3.8) is 0 Å². The molecule has 0 spiro atoms. The number of nitriles is 1. The lowest BCUT2D eigenvalue weighted by Crippen LogP contribution is -2.49.